The third kappa shape index (κ3) is 4.00. The van der Waals surface area contributed by atoms with Crippen molar-refractivity contribution in [2.24, 2.45) is 0 Å². The molecule has 1 amide bonds. The predicted molar refractivity (Wildman–Crippen MR) is 84.0 cm³/mol. The molecule has 0 aromatic heterocycles. The summed E-state index contributed by atoms with van der Waals surface area (Å²) in [6, 6.07) is 4.05. The number of hydrogen-bond donors (Lipinski definition) is 2. The fourth-order valence-corrected chi connectivity index (χ4v) is 3.30. The average molecular weight is 322 g/mol. The van der Waals surface area contributed by atoms with Crippen molar-refractivity contribution in [2.45, 2.75) is 37.8 Å². The first-order chi connectivity index (χ1) is 11.1. The number of nitrogens with zero attached hydrogens (tertiary/aromatic N) is 1. The van der Waals surface area contributed by atoms with Crippen molar-refractivity contribution in [3.63, 3.8) is 0 Å². The largest absolute Gasteiger partial charge is 0.504 e. The summed E-state index contributed by atoms with van der Waals surface area (Å²) in [6.07, 6.45) is 4.35. The van der Waals surface area contributed by atoms with E-state index in [9.17, 15) is 14.3 Å². The van der Waals surface area contributed by atoms with Gasteiger partial charge in [0, 0.05) is 32.3 Å². The van der Waals surface area contributed by atoms with Crippen LogP contribution in [0.4, 0.5) is 4.39 Å². The lowest BCUT2D eigenvalue weighted by Gasteiger charge is -2.33. The maximum Gasteiger partial charge on any atom is 0.255 e. The number of likely N-dealkylation sites (tertiary alicyclic amines) is 1. The molecule has 0 bridgehead atoms. The first kappa shape index (κ1) is 16.2. The van der Waals surface area contributed by atoms with E-state index in [1.807, 2.05) is 0 Å². The molecule has 6 heteroatoms. The van der Waals surface area contributed by atoms with E-state index in [1.165, 1.54) is 12.1 Å². The molecule has 2 aliphatic rings. The number of carbonyl (C=O) groups excluding carboxylic acids is 1. The zero-order chi connectivity index (χ0) is 16.2. The van der Waals surface area contributed by atoms with E-state index >= 15 is 0 Å². The van der Waals surface area contributed by atoms with Gasteiger partial charge in [-0.15, -0.1) is 0 Å². The van der Waals surface area contributed by atoms with E-state index in [1.54, 1.807) is 0 Å². The van der Waals surface area contributed by atoms with Crippen LogP contribution in [0.5, 0.6) is 5.75 Å². The molecule has 0 radical (unpaired) electrons. The number of benzene rings is 1. The minimum atomic E-state index is -0.774. The molecule has 1 aromatic carbocycles. The van der Waals surface area contributed by atoms with Crippen LogP contribution < -0.4 is 5.32 Å². The molecular weight excluding hydrogens is 299 g/mol. The maximum atomic E-state index is 13.3. The van der Waals surface area contributed by atoms with E-state index in [0.717, 1.165) is 58.0 Å². The smallest absolute Gasteiger partial charge is 0.255 e. The van der Waals surface area contributed by atoms with E-state index in [2.05, 4.69) is 10.2 Å². The number of rotatable bonds is 4. The molecule has 1 atom stereocenters. The van der Waals surface area contributed by atoms with Crippen molar-refractivity contribution < 1.29 is 19.0 Å². The van der Waals surface area contributed by atoms with E-state index in [0.29, 0.717) is 6.10 Å². The second kappa shape index (κ2) is 7.27. The van der Waals surface area contributed by atoms with Crippen molar-refractivity contribution in [3.8, 4) is 5.75 Å². The summed E-state index contributed by atoms with van der Waals surface area (Å²) in [5.74, 6) is -1.77. The highest BCUT2D eigenvalue weighted by Gasteiger charge is 2.25. The minimum absolute atomic E-state index is 0.00761. The Morgan fingerprint density at radius 1 is 1.35 bits per heavy atom. The Labute approximate surface area is 135 Å². The quantitative estimate of drug-likeness (QED) is 0.889. The van der Waals surface area contributed by atoms with Gasteiger partial charge in [0.25, 0.3) is 5.91 Å². The molecule has 2 fully saturated rings. The Morgan fingerprint density at radius 2 is 2.13 bits per heavy atom. The van der Waals surface area contributed by atoms with Crippen molar-refractivity contribution in [1.82, 2.24) is 10.2 Å². The van der Waals surface area contributed by atoms with Crippen LogP contribution in [0.2, 0.25) is 0 Å². The van der Waals surface area contributed by atoms with Gasteiger partial charge in [0.2, 0.25) is 0 Å². The number of nitrogens with one attached hydrogen (secondary N) is 1. The number of ether oxygens (including phenoxy) is 1. The van der Waals surface area contributed by atoms with Crippen LogP contribution >= 0.6 is 0 Å². The lowest BCUT2D eigenvalue weighted by atomic mass is 10.0. The summed E-state index contributed by atoms with van der Waals surface area (Å²) in [6.45, 7) is 3.67. The topological polar surface area (TPSA) is 61.8 Å². The van der Waals surface area contributed by atoms with Crippen LogP contribution in [-0.4, -0.2) is 54.3 Å². The van der Waals surface area contributed by atoms with Crippen LogP contribution in [0.25, 0.3) is 0 Å². The van der Waals surface area contributed by atoms with Gasteiger partial charge in [0.15, 0.2) is 11.6 Å². The number of carbonyl (C=O) groups is 1. The molecule has 0 aliphatic carbocycles. The number of phenolic OH excluding ortho intramolecular Hbond substituents is 1. The highest BCUT2D eigenvalue weighted by molar-refractivity contribution is 5.97. The summed E-state index contributed by atoms with van der Waals surface area (Å²) in [5.41, 5.74) is -0.00761. The van der Waals surface area contributed by atoms with Gasteiger partial charge >= 0.3 is 0 Å². The Balaban J connectivity index is 1.48. The first-order valence-corrected chi connectivity index (χ1v) is 8.26. The molecule has 0 unspecified atom stereocenters. The van der Waals surface area contributed by atoms with Crippen molar-refractivity contribution in [3.05, 3.63) is 29.6 Å². The Kier molecular flexibility index (Phi) is 5.13. The highest BCUT2D eigenvalue weighted by Crippen LogP contribution is 2.22. The standard InChI is InChI=1S/C17H23FN2O3/c18-15-5-1-4-14(16(15)21)17(22)19-12-6-8-20(9-7-12)11-13-3-2-10-23-13/h1,4-5,12-13,21H,2-3,6-11H2,(H,19,22)/t13-/m1/s1. The summed E-state index contributed by atoms with van der Waals surface area (Å²) in [4.78, 5) is 14.5. The van der Waals surface area contributed by atoms with Crippen molar-refractivity contribution in [1.29, 1.82) is 0 Å². The first-order valence-electron chi connectivity index (χ1n) is 8.26. The van der Waals surface area contributed by atoms with Gasteiger partial charge < -0.3 is 20.1 Å². The van der Waals surface area contributed by atoms with Crippen LogP contribution in [0, 0.1) is 5.82 Å². The maximum absolute atomic E-state index is 13.3. The lowest BCUT2D eigenvalue weighted by molar-refractivity contribution is 0.0612. The summed E-state index contributed by atoms with van der Waals surface area (Å²) in [7, 11) is 0. The Morgan fingerprint density at radius 3 is 2.83 bits per heavy atom. The van der Waals surface area contributed by atoms with Gasteiger partial charge in [-0.2, -0.15) is 0 Å². The summed E-state index contributed by atoms with van der Waals surface area (Å²) < 4.78 is 19.0. The molecule has 1 aromatic rings. The molecule has 0 spiro atoms. The van der Waals surface area contributed by atoms with Gasteiger partial charge in [-0.3, -0.25) is 4.79 Å². The molecule has 5 nitrogen and oxygen atoms in total. The van der Waals surface area contributed by atoms with Gasteiger partial charge in [-0.25, -0.2) is 4.39 Å². The van der Waals surface area contributed by atoms with Gasteiger partial charge in [-0.05, 0) is 37.8 Å². The predicted octanol–water partition coefficient (Wildman–Crippen LogP) is 1.90. The molecule has 2 heterocycles. The van der Waals surface area contributed by atoms with E-state index in [4.69, 9.17) is 4.74 Å². The van der Waals surface area contributed by atoms with Crippen LogP contribution in [0.15, 0.2) is 18.2 Å². The molecule has 126 valence electrons. The number of piperidine rings is 1. The zero-order valence-electron chi connectivity index (χ0n) is 13.1. The Bertz CT molecular complexity index is 553. The number of halogens is 1. The molecule has 23 heavy (non-hydrogen) atoms. The van der Waals surface area contributed by atoms with Crippen molar-refractivity contribution >= 4 is 5.91 Å². The van der Waals surface area contributed by atoms with Gasteiger partial charge in [0.05, 0.1) is 11.7 Å². The van der Waals surface area contributed by atoms with Crippen LogP contribution in [0.1, 0.15) is 36.0 Å². The second-order valence-corrected chi connectivity index (χ2v) is 6.32. The normalized spacial score (nSPS) is 23.1. The molecule has 0 saturated carbocycles. The van der Waals surface area contributed by atoms with E-state index < -0.39 is 17.5 Å². The van der Waals surface area contributed by atoms with Crippen LogP contribution in [0.3, 0.4) is 0 Å². The lowest BCUT2D eigenvalue weighted by Crippen LogP contribution is -2.46. The number of para-hydroxylation sites is 1. The number of hydrogen-bond acceptors (Lipinski definition) is 4. The summed E-state index contributed by atoms with van der Waals surface area (Å²) in [5, 5.41) is 12.5. The zero-order valence-corrected chi connectivity index (χ0v) is 13.1. The Hall–Kier alpha value is -1.66. The monoisotopic (exact) mass is 322 g/mol. The summed E-state index contributed by atoms with van der Waals surface area (Å²) >= 11 is 0. The van der Waals surface area contributed by atoms with Crippen molar-refractivity contribution in [2.75, 3.05) is 26.2 Å². The molecule has 2 saturated heterocycles. The van der Waals surface area contributed by atoms with E-state index in [-0.39, 0.29) is 11.6 Å². The SMILES string of the molecule is O=C(NC1CCN(C[C@H]2CCCO2)CC1)c1cccc(F)c1O. The average Bonchev–Trinajstić information content (AvgIpc) is 3.05. The number of phenols is 1. The molecular formula is C17H23FN2O3. The molecule has 2 N–H and O–H groups in total. The van der Waals surface area contributed by atoms with Gasteiger partial charge in [-0.1, -0.05) is 6.07 Å². The highest BCUT2D eigenvalue weighted by atomic mass is 19.1. The minimum Gasteiger partial charge on any atom is -0.504 e. The molecule has 2 aliphatic heterocycles. The number of amides is 1. The van der Waals surface area contributed by atoms with Crippen LogP contribution in [-0.2, 0) is 4.74 Å². The fourth-order valence-electron chi connectivity index (χ4n) is 3.30. The fraction of sp³-hybridized carbons (Fsp3) is 0.588. The third-order valence-corrected chi connectivity index (χ3v) is 4.64. The molecule has 3 rings (SSSR count). The van der Waals surface area contributed by atoms with Gasteiger partial charge in [0.1, 0.15) is 0 Å². The third-order valence-electron chi connectivity index (χ3n) is 4.64. The second-order valence-electron chi connectivity index (χ2n) is 6.32. The number of aromatic hydroxyl groups is 1.